The molecule has 0 unspecified atom stereocenters. The number of nitrogens with zero attached hydrogens (tertiary/aromatic N) is 3. The van der Waals surface area contributed by atoms with E-state index in [4.69, 9.17) is 9.40 Å². The monoisotopic (exact) mass is 393 g/mol. The van der Waals surface area contributed by atoms with E-state index in [1.807, 2.05) is 65.2 Å². The van der Waals surface area contributed by atoms with Gasteiger partial charge in [-0.2, -0.15) is 0 Å². The minimum atomic E-state index is -0.0104. The van der Waals surface area contributed by atoms with Crippen LogP contribution in [0.2, 0.25) is 0 Å². The van der Waals surface area contributed by atoms with E-state index in [-0.39, 0.29) is 5.56 Å². The maximum atomic E-state index is 13.5. The topological polar surface area (TPSA) is 60.9 Å². The minimum Gasteiger partial charge on any atom is -0.456 e. The summed E-state index contributed by atoms with van der Waals surface area (Å²) in [5.74, 6) is 2.00. The summed E-state index contributed by atoms with van der Waals surface area (Å²) < 4.78 is 7.82. The normalized spacial score (nSPS) is 13.9. The number of furan rings is 1. The summed E-state index contributed by atoms with van der Waals surface area (Å²) in [6, 6.07) is 19.6. The quantitative estimate of drug-likeness (QED) is 0.425. The molecule has 1 aliphatic carbocycles. The van der Waals surface area contributed by atoms with Gasteiger partial charge < -0.3 is 4.42 Å². The van der Waals surface area contributed by atoms with Crippen LogP contribution in [-0.2, 0) is 6.54 Å². The molecule has 0 saturated heterocycles. The summed E-state index contributed by atoms with van der Waals surface area (Å²) in [4.78, 5) is 22.6. The summed E-state index contributed by atoms with van der Waals surface area (Å²) in [6.45, 7) is 0.482. The van der Waals surface area contributed by atoms with E-state index in [1.54, 1.807) is 12.4 Å². The molecular weight excluding hydrogens is 374 g/mol. The van der Waals surface area contributed by atoms with Crippen LogP contribution in [0.25, 0.3) is 33.2 Å². The maximum absolute atomic E-state index is 13.5. The number of hydrogen-bond donors (Lipinski definition) is 0. The largest absolute Gasteiger partial charge is 0.456 e. The van der Waals surface area contributed by atoms with Gasteiger partial charge in [-0.3, -0.25) is 14.3 Å². The van der Waals surface area contributed by atoms with Crippen molar-refractivity contribution in [1.82, 2.24) is 14.5 Å². The lowest BCUT2D eigenvalue weighted by atomic mass is 10.1. The third kappa shape index (κ3) is 2.90. The number of fused-ring (bicyclic) bond motifs is 2. The zero-order valence-corrected chi connectivity index (χ0v) is 16.3. The maximum Gasteiger partial charge on any atom is 0.261 e. The lowest BCUT2D eigenvalue weighted by molar-refractivity contribution is 0.631. The number of benzene rings is 2. The predicted molar refractivity (Wildman–Crippen MR) is 117 cm³/mol. The van der Waals surface area contributed by atoms with E-state index in [0.29, 0.717) is 17.8 Å². The van der Waals surface area contributed by atoms with E-state index in [1.165, 1.54) is 0 Å². The first-order valence-electron chi connectivity index (χ1n) is 10.2. The van der Waals surface area contributed by atoms with Gasteiger partial charge >= 0.3 is 0 Å². The second kappa shape index (κ2) is 6.66. The minimum absolute atomic E-state index is 0.0104. The van der Waals surface area contributed by atoms with Gasteiger partial charge in [0.1, 0.15) is 17.2 Å². The van der Waals surface area contributed by atoms with Crippen LogP contribution in [0.3, 0.4) is 0 Å². The molecule has 2 aromatic carbocycles. The Balaban J connectivity index is 1.52. The highest BCUT2D eigenvalue weighted by Crippen LogP contribution is 2.39. The molecule has 0 amide bonds. The molecule has 0 bridgehead atoms. The lowest BCUT2D eigenvalue weighted by Crippen LogP contribution is -2.25. The summed E-state index contributed by atoms with van der Waals surface area (Å²) in [5.41, 5.74) is 3.44. The van der Waals surface area contributed by atoms with Crippen LogP contribution in [0, 0.1) is 0 Å². The second-order valence-electron chi connectivity index (χ2n) is 7.88. The average Bonchev–Trinajstić information content (AvgIpc) is 3.54. The Kier molecular flexibility index (Phi) is 3.81. The van der Waals surface area contributed by atoms with Gasteiger partial charge in [-0.1, -0.05) is 24.3 Å². The van der Waals surface area contributed by atoms with Gasteiger partial charge in [0.25, 0.3) is 5.56 Å². The van der Waals surface area contributed by atoms with E-state index >= 15 is 0 Å². The Labute approximate surface area is 172 Å². The van der Waals surface area contributed by atoms with E-state index in [2.05, 4.69) is 4.98 Å². The van der Waals surface area contributed by atoms with Crippen LogP contribution in [0.4, 0.5) is 0 Å². The standard InChI is InChI=1S/C25H19N3O2/c29-25-20-12-19(23-13-18-5-1-2-6-22(18)30-23)9-10-21(20)27-24(17-7-8-17)28(25)15-16-4-3-11-26-14-16/h1-6,9-14,17H,7-8,15H2. The molecule has 1 saturated carbocycles. The Morgan fingerprint density at radius 3 is 2.73 bits per heavy atom. The van der Waals surface area contributed by atoms with Crippen molar-refractivity contribution in [3.8, 4) is 11.3 Å². The predicted octanol–water partition coefficient (Wildman–Crippen LogP) is 5.13. The molecule has 146 valence electrons. The first-order valence-corrected chi connectivity index (χ1v) is 10.2. The van der Waals surface area contributed by atoms with Crippen LogP contribution < -0.4 is 5.56 Å². The van der Waals surface area contributed by atoms with Crippen molar-refractivity contribution in [2.24, 2.45) is 0 Å². The Morgan fingerprint density at radius 1 is 1.03 bits per heavy atom. The van der Waals surface area contributed by atoms with Crippen LogP contribution in [0.5, 0.6) is 0 Å². The molecule has 30 heavy (non-hydrogen) atoms. The third-order valence-electron chi connectivity index (χ3n) is 5.70. The molecule has 5 aromatic rings. The van der Waals surface area contributed by atoms with Crippen molar-refractivity contribution in [2.75, 3.05) is 0 Å². The molecule has 0 N–H and O–H groups in total. The second-order valence-corrected chi connectivity index (χ2v) is 7.88. The van der Waals surface area contributed by atoms with Gasteiger partial charge in [0, 0.05) is 29.3 Å². The molecule has 6 rings (SSSR count). The van der Waals surface area contributed by atoms with Crippen molar-refractivity contribution in [2.45, 2.75) is 25.3 Å². The van der Waals surface area contributed by atoms with Crippen molar-refractivity contribution < 1.29 is 4.42 Å². The van der Waals surface area contributed by atoms with Gasteiger partial charge in [-0.05, 0) is 54.8 Å². The highest BCUT2D eigenvalue weighted by atomic mass is 16.3. The van der Waals surface area contributed by atoms with Crippen molar-refractivity contribution >= 4 is 21.9 Å². The fourth-order valence-electron chi connectivity index (χ4n) is 4.00. The summed E-state index contributed by atoms with van der Waals surface area (Å²) in [6.07, 6.45) is 5.72. The summed E-state index contributed by atoms with van der Waals surface area (Å²) in [5, 5.41) is 1.66. The molecular formula is C25H19N3O2. The van der Waals surface area contributed by atoms with Crippen LogP contribution >= 0.6 is 0 Å². The highest BCUT2D eigenvalue weighted by molar-refractivity contribution is 5.87. The fourth-order valence-corrected chi connectivity index (χ4v) is 4.00. The van der Waals surface area contributed by atoms with Crippen LogP contribution in [0.15, 0.2) is 82.3 Å². The van der Waals surface area contributed by atoms with Crippen LogP contribution in [-0.4, -0.2) is 14.5 Å². The van der Waals surface area contributed by atoms with Crippen molar-refractivity contribution in [1.29, 1.82) is 0 Å². The number of para-hydroxylation sites is 1. The van der Waals surface area contributed by atoms with E-state index < -0.39 is 0 Å². The number of pyridine rings is 1. The van der Waals surface area contributed by atoms with Gasteiger partial charge in [-0.25, -0.2) is 4.98 Å². The summed E-state index contributed by atoms with van der Waals surface area (Å²) >= 11 is 0. The van der Waals surface area contributed by atoms with Crippen molar-refractivity contribution in [3.05, 3.63) is 94.8 Å². The molecule has 3 heterocycles. The van der Waals surface area contributed by atoms with Gasteiger partial charge in [0.2, 0.25) is 0 Å². The molecule has 0 spiro atoms. The molecule has 5 nitrogen and oxygen atoms in total. The Hall–Kier alpha value is -3.73. The molecule has 0 radical (unpaired) electrons. The van der Waals surface area contributed by atoms with Crippen molar-refractivity contribution in [3.63, 3.8) is 0 Å². The smallest absolute Gasteiger partial charge is 0.261 e. The summed E-state index contributed by atoms with van der Waals surface area (Å²) in [7, 11) is 0. The van der Waals surface area contributed by atoms with E-state index in [0.717, 1.165) is 52.0 Å². The van der Waals surface area contributed by atoms with Gasteiger partial charge in [0.05, 0.1) is 17.4 Å². The zero-order valence-electron chi connectivity index (χ0n) is 16.3. The first-order chi connectivity index (χ1) is 14.8. The highest BCUT2D eigenvalue weighted by Gasteiger charge is 2.29. The third-order valence-corrected chi connectivity index (χ3v) is 5.70. The van der Waals surface area contributed by atoms with E-state index in [9.17, 15) is 4.79 Å². The Morgan fingerprint density at radius 2 is 1.93 bits per heavy atom. The van der Waals surface area contributed by atoms with Gasteiger partial charge in [0.15, 0.2) is 0 Å². The zero-order chi connectivity index (χ0) is 20.1. The molecule has 5 heteroatoms. The molecule has 1 aliphatic rings. The number of hydrogen-bond acceptors (Lipinski definition) is 4. The molecule has 3 aromatic heterocycles. The number of rotatable bonds is 4. The SMILES string of the molecule is O=c1c2cc(-c3cc4ccccc4o3)ccc2nc(C2CC2)n1Cc1cccnc1. The lowest BCUT2D eigenvalue weighted by Gasteiger charge is -2.13. The number of aromatic nitrogens is 3. The van der Waals surface area contributed by atoms with Gasteiger partial charge in [-0.15, -0.1) is 0 Å². The first kappa shape index (κ1) is 17.2. The average molecular weight is 393 g/mol. The fraction of sp³-hybridized carbons (Fsp3) is 0.160. The Bertz CT molecular complexity index is 1410. The van der Waals surface area contributed by atoms with Crippen LogP contribution in [0.1, 0.15) is 30.1 Å². The molecule has 0 atom stereocenters. The molecule has 0 aliphatic heterocycles. The molecule has 1 fully saturated rings.